The Labute approximate surface area is 153 Å². The Morgan fingerprint density at radius 3 is 2.50 bits per heavy atom. The lowest BCUT2D eigenvalue weighted by atomic mass is 10.2. The molecule has 0 unspecified atom stereocenters. The predicted molar refractivity (Wildman–Crippen MR) is 103 cm³/mol. The highest BCUT2D eigenvalue weighted by molar-refractivity contribution is 14.0. The maximum Gasteiger partial charge on any atom is 0.194 e. The van der Waals surface area contributed by atoms with E-state index in [0.717, 1.165) is 11.7 Å². The van der Waals surface area contributed by atoms with Gasteiger partial charge in [0.25, 0.3) is 0 Å². The second-order valence-corrected chi connectivity index (χ2v) is 5.28. The average molecular weight is 431 g/mol. The molecule has 118 valence electrons. The number of rotatable bonds is 4. The molecule has 2 rings (SSSR count). The highest BCUT2D eigenvalue weighted by Crippen LogP contribution is 2.06. The molecule has 1 heterocycles. The summed E-state index contributed by atoms with van der Waals surface area (Å²) in [7, 11) is 3.93. The molecule has 0 saturated heterocycles. The third kappa shape index (κ3) is 6.19. The van der Waals surface area contributed by atoms with Gasteiger partial charge in [-0.3, -0.25) is 4.98 Å². The van der Waals surface area contributed by atoms with Crippen LogP contribution in [0.4, 0.5) is 0 Å². The van der Waals surface area contributed by atoms with E-state index in [-0.39, 0.29) is 24.0 Å². The van der Waals surface area contributed by atoms with Crippen molar-refractivity contribution in [1.82, 2.24) is 15.2 Å². The van der Waals surface area contributed by atoms with Crippen LogP contribution in [0.5, 0.6) is 0 Å². The quantitative estimate of drug-likeness (QED) is 0.458. The van der Waals surface area contributed by atoms with Crippen molar-refractivity contribution in [3.8, 4) is 0 Å². The van der Waals surface area contributed by atoms with E-state index in [1.807, 2.05) is 49.3 Å². The van der Waals surface area contributed by atoms with Crippen molar-refractivity contribution in [3.63, 3.8) is 0 Å². The second-order valence-electron chi connectivity index (χ2n) is 4.84. The van der Waals surface area contributed by atoms with Crippen LogP contribution in [0.15, 0.2) is 53.7 Å². The van der Waals surface area contributed by atoms with E-state index in [1.54, 1.807) is 6.20 Å². The molecule has 22 heavy (non-hydrogen) atoms. The van der Waals surface area contributed by atoms with Gasteiger partial charge in [-0.15, -0.1) is 24.0 Å². The first-order valence-corrected chi connectivity index (χ1v) is 7.13. The maximum absolute atomic E-state index is 5.83. The molecule has 0 radical (unpaired) electrons. The van der Waals surface area contributed by atoms with Gasteiger partial charge in [0.05, 0.1) is 23.8 Å². The van der Waals surface area contributed by atoms with Crippen molar-refractivity contribution < 1.29 is 0 Å². The van der Waals surface area contributed by atoms with E-state index < -0.39 is 0 Å². The van der Waals surface area contributed by atoms with Crippen molar-refractivity contribution in [3.05, 3.63) is 64.9 Å². The smallest absolute Gasteiger partial charge is 0.194 e. The summed E-state index contributed by atoms with van der Waals surface area (Å²) in [5.74, 6) is 0.829. The number of benzene rings is 1. The van der Waals surface area contributed by atoms with Gasteiger partial charge in [-0.1, -0.05) is 41.9 Å². The third-order valence-electron chi connectivity index (χ3n) is 2.89. The molecule has 0 aliphatic carbocycles. The Morgan fingerprint density at radius 1 is 1.18 bits per heavy atom. The molecule has 0 aliphatic rings. The fraction of sp³-hybridized carbons (Fsp3) is 0.250. The van der Waals surface area contributed by atoms with Gasteiger partial charge in [0, 0.05) is 20.3 Å². The van der Waals surface area contributed by atoms with E-state index in [1.165, 1.54) is 5.56 Å². The molecule has 0 aliphatic heterocycles. The monoisotopic (exact) mass is 430 g/mol. The molecule has 0 bridgehead atoms. The summed E-state index contributed by atoms with van der Waals surface area (Å²) in [6.07, 6.45) is 1.65. The summed E-state index contributed by atoms with van der Waals surface area (Å²) < 4.78 is 0. The third-order valence-corrected chi connectivity index (χ3v) is 3.12. The molecule has 1 aromatic carbocycles. The van der Waals surface area contributed by atoms with E-state index >= 15 is 0 Å². The molecule has 6 heteroatoms. The zero-order valence-electron chi connectivity index (χ0n) is 12.7. The Bertz CT molecular complexity index is 585. The summed E-state index contributed by atoms with van der Waals surface area (Å²) in [6.45, 7) is 1.26. The van der Waals surface area contributed by atoms with Gasteiger partial charge in [0.2, 0.25) is 0 Å². The van der Waals surface area contributed by atoms with Crippen LogP contribution in [-0.2, 0) is 13.1 Å². The summed E-state index contributed by atoms with van der Waals surface area (Å²) >= 11 is 5.83. The molecule has 0 atom stereocenters. The normalized spacial score (nSPS) is 10.8. The number of guanidine groups is 1. The Morgan fingerprint density at radius 2 is 1.91 bits per heavy atom. The van der Waals surface area contributed by atoms with Gasteiger partial charge in [0.1, 0.15) is 0 Å². The van der Waals surface area contributed by atoms with Crippen LogP contribution in [0.1, 0.15) is 11.3 Å². The number of aliphatic imine (C=N–C) groups is 1. The Balaban J connectivity index is 0.00000242. The van der Waals surface area contributed by atoms with Crippen molar-refractivity contribution in [1.29, 1.82) is 0 Å². The lowest BCUT2D eigenvalue weighted by Crippen LogP contribution is -2.36. The minimum absolute atomic E-state index is 0. The van der Waals surface area contributed by atoms with Crippen molar-refractivity contribution >= 4 is 41.5 Å². The van der Waals surface area contributed by atoms with Crippen LogP contribution in [0.25, 0.3) is 0 Å². The van der Waals surface area contributed by atoms with Gasteiger partial charge >= 0.3 is 0 Å². The Hall–Kier alpha value is -1.34. The predicted octanol–water partition coefficient (Wildman–Crippen LogP) is 3.56. The van der Waals surface area contributed by atoms with Crippen LogP contribution in [0, 0.1) is 0 Å². The molecule has 2 aromatic rings. The molecule has 0 amide bonds. The fourth-order valence-electron chi connectivity index (χ4n) is 1.79. The lowest BCUT2D eigenvalue weighted by molar-refractivity contribution is 0.577. The number of pyridine rings is 1. The summed E-state index contributed by atoms with van der Waals surface area (Å²) in [5, 5.41) is 3.94. The van der Waals surface area contributed by atoms with Gasteiger partial charge in [-0.25, -0.2) is 4.99 Å². The molecule has 0 saturated carbocycles. The lowest BCUT2D eigenvalue weighted by Gasteiger charge is -2.17. The number of hydrogen-bond acceptors (Lipinski definition) is 2. The van der Waals surface area contributed by atoms with Gasteiger partial charge in [-0.2, -0.15) is 0 Å². The van der Waals surface area contributed by atoms with Crippen LogP contribution in [0.3, 0.4) is 0 Å². The number of nitrogens with zero attached hydrogens (tertiary/aromatic N) is 3. The topological polar surface area (TPSA) is 40.5 Å². The summed E-state index contributed by atoms with van der Waals surface area (Å²) in [6, 6.07) is 13.9. The number of aromatic nitrogens is 1. The van der Waals surface area contributed by atoms with Crippen LogP contribution >= 0.6 is 35.6 Å². The molecule has 0 fully saturated rings. The van der Waals surface area contributed by atoms with Crippen LogP contribution in [-0.4, -0.2) is 29.9 Å². The van der Waals surface area contributed by atoms with E-state index in [4.69, 9.17) is 11.6 Å². The van der Waals surface area contributed by atoms with Crippen molar-refractivity contribution in [2.75, 3.05) is 14.1 Å². The molecule has 1 N–H and O–H groups in total. The minimum atomic E-state index is 0. The van der Waals surface area contributed by atoms with Crippen LogP contribution < -0.4 is 5.32 Å². The number of halogens is 2. The molecule has 1 aromatic heterocycles. The highest BCUT2D eigenvalue weighted by Gasteiger charge is 2.02. The first kappa shape index (κ1) is 18.7. The zero-order valence-corrected chi connectivity index (χ0v) is 15.7. The number of nitrogens with one attached hydrogen (secondary N) is 1. The molecule has 0 spiro atoms. The average Bonchev–Trinajstić information content (AvgIpc) is 2.49. The molecular weight excluding hydrogens is 411 g/mol. The second kappa shape index (κ2) is 9.63. The van der Waals surface area contributed by atoms with Gasteiger partial charge in [-0.05, 0) is 17.7 Å². The SMILES string of the molecule is CN(C)C(=NCc1ccccc1)NCc1ccc(Cl)cn1.I. The van der Waals surface area contributed by atoms with E-state index in [9.17, 15) is 0 Å². The number of hydrogen-bond donors (Lipinski definition) is 1. The minimum Gasteiger partial charge on any atom is -0.351 e. The van der Waals surface area contributed by atoms with Gasteiger partial charge < -0.3 is 10.2 Å². The first-order chi connectivity index (χ1) is 10.1. The van der Waals surface area contributed by atoms with Crippen LogP contribution in [0.2, 0.25) is 5.02 Å². The first-order valence-electron chi connectivity index (χ1n) is 6.75. The zero-order chi connectivity index (χ0) is 15.1. The van der Waals surface area contributed by atoms with Crippen molar-refractivity contribution in [2.45, 2.75) is 13.1 Å². The maximum atomic E-state index is 5.83. The summed E-state index contributed by atoms with van der Waals surface area (Å²) in [5.41, 5.74) is 2.11. The largest absolute Gasteiger partial charge is 0.351 e. The Kier molecular flexibility index (Phi) is 8.19. The molecular formula is C16H20ClIN4. The summed E-state index contributed by atoms with van der Waals surface area (Å²) in [4.78, 5) is 10.8. The van der Waals surface area contributed by atoms with E-state index in [0.29, 0.717) is 18.1 Å². The standard InChI is InChI=1S/C16H19ClN4.HI/c1-21(2)16(19-10-13-6-4-3-5-7-13)20-12-15-9-8-14(17)11-18-15;/h3-9,11H,10,12H2,1-2H3,(H,19,20);1H. The van der Waals surface area contributed by atoms with Gasteiger partial charge in [0.15, 0.2) is 5.96 Å². The van der Waals surface area contributed by atoms with Crippen molar-refractivity contribution in [2.24, 2.45) is 4.99 Å². The highest BCUT2D eigenvalue weighted by atomic mass is 127. The molecule has 4 nitrogen and oxygen atoms in total. The fourth-order valence-corrected chi connectivity index (χ4v) is 1.90. The van der Waals surface area contributed by atoms with E-state index in [2.05, 4.69) is 27.4 Å².